The summed E-state index contributed by atoms with van der Waals surface area (Å²) in [6.07, 6.45) is 9.87. The first kappa shape index (κ1) is 32.9. The molecule has 0 saturated carbocycles. The van der Waals surface area contributed by atoms with Crippen molar-refractivity contribution in [1.82, 2.24) is 9.97 Å². The Bertz CT molecular complexity index is 1760. The number of amidine groups is 2. The van der Waals surface area contributed by atoms with Crippen molar-refractivity contribution in [3.63, 3.8) is 0 Å². The summed E-state index contributed by atoms with van der Waals surface area (Å²) < 4.78 is 0. The highest BCUT2D eigenvalue weighted by atomic mass is 16.1. The van der Waals surface area contributed by atoms with Gasteiger partial charge in [-0.15, -0.1) is 0 Å². The Morgan fingerprint density at radius 2 is 1.29 bits per heavy atom. The van der Waals surface area contributed by atoms with Gasteiger partial charge in [-0.2, -0.15) is 0 Å². The van der Waals surface area contributed by atoms with Gasteiger partial charge < -0.3 is 22.9 Å². The number of benzene rings is 2. The number of aldehydes is 1. The Balaban J connectivity index is 0.000000176. The molecule has 0 bridgehead atoms. The third-order valence-corrected chi connectivity index (χ3v) is 6.00. The van der Waals surface area contributed by atoms with Gasteiger partial charge >= 0.3 is 0 Å². The highest BCUT2D eigenvalue weighted by Gasteiger charge is 2.17. The molecule has 0 saturated heterocycles. The molecule has 3 heterocycles. The number of hydrogen-bond acceptors (Lipinski definition) is 10. The molecule has 226 valence electrons. The zero-order chi connectivity index (χ0) is 32.8. The van der Waals surface area contributed by atoms with Gasteiger partial charge in [0.25, 0.3) is 0 Å². The first-order valence-electron chi connectivity index (χ1n) is 13.3. The van der Waals surface area contributed by atoms with Crippen molar-refractivity contribution in [3.05, 3.63) is 138 Å². The van der Waals surface area contributed by atoms with E-state index in [1.807, 2.05) is 36.4 Å². The first-order chi connectivity index (χ1) is 21.6. The van der Waals surface area contributed by atoms with Crippen molar-refractivity contribution >= 4 is 52.3 Å². The average Bonchev–Trinajstić information content (AvgIpc) is 3.49. The van der Waals surface area contributed by atoms with E-state index in [0.717, 1.165) is 35.4 Å². The number of nitrogens with zero attached hydrogens (tertiary/aromatic N) is 3. The quantitative estimate of drug-likeness (QED) is 0.0659. The lowest BCUT2D eigenvalue weighted by Gasteiger charge is -2.01. The largest absolute Gasteiger partial charge is 0.397 e. The van der Waals surface area contributed by atoms with Gasteiger partial charge in [0.05, 0.1) is 28.5 Å². The number of aromatic nitrogens is 2. The summed E-state index contributed by atoms with van der Waals surface area (Å²) in [5.41, 5.74) is 28.3. The molecule has 0 spiro atoms. The maximum Gasteiger partial charge on any atom is 0.178 e. The lowest BCUT2D eigenvalue weighted by atomic mass is 10.1. The summed E-state index contributed by atoms with van der Waals surface area (Å²) in [7, 11) is 0. The normalized spacial score (nSPS) is 12.1. The van der Waals surface area contributed by atoms with Crippen LogP contribution in [0, 0.1) is 10.8 Å². The number of nitrogens with one attached hydrogen (secondary N) is 2. The predicted octanol–water partition coefficient (Wildman–Crippen LogP) is 3.32. The number of allylic oxidation sites excluding steroid dienone is 4. The average molecular weight is 602 g/mol. The molecule has 0 atom stereocenters. The molecular formula is C33H31N9O3. The Hall–Kier alpha value is -6.56. The van der Waals surface area contributed by atoms with Gasteiger partial charge in [0.15, 0.2) is 17.9 Å². The van der Waals surface area contributed by atoms with E-state index in [1.165, 1.54) is 24.3 Å². The van der Waals surface area contributed by atoms with Crippen LogP contribution in [0.25, 0.3) is 0 Å². The van der Waals surface area contributed by atoms with Crippen molar-refractivity contribution < 1.29 is 14.4 Å². The van der Waals surface area contributed by atoms with Crippen LogP contribution in [0.15, 0.2) is 114 Å². The summed E-state index contributed by atoms with van der Waals surface area (Å²) in [6, 6.07) is 21.6. The summed E-state index contributed by atoms with van der Waals surface area (Å²) in [4.78, 5) is 43.1. The van der Waals surface area contributed by atoms with Crippen molar-refractivity contribution in [3.8, 4) is 0 Å². The molecule has 2 aromatic heterocycles. The Labute approximate surface area is 259 Å². The van der Waals surface area contributed by atoms with E-state index < -0.39 is 0 Å². The minimum absolute atomic E-state index is 0.00306. The summed E-state index contributed by atoms with van der Waals surface area (Å²) in [5, 5.41) is 14.5. The van der Waals surface area contributed by atoms with Crippen LogP contribution in [-0.2, 0) is 16.0 Å². The molecule has 2 aliphatic rings. The number of carbonyl (C=O) groups excluding carboxylic acids is 3. The van der Waals surface area contributed by atoms with Crippen LogP contribution in [0.4, 0.5) is 17.1 Å². The lowest BCUT2D eigenvalue weighted by molar-refractivity contribution is -0.113. The van der Waals surface area contributed by atoms with E-state index in [-0.39, 0.29) is 23.2 Å². The first-order valence-corrected chi connectivity index (χ1v) is 13.3. The van der Waals surface area contributed by atoms with E-state index in [1.54, 1.807) is 48.8 Å². The summed E-state index contributed by atoms with van der Waals surface area (Å²) in [6.45, 7) is 0. The number of carbonyl (C=O) groups is 3. The summed E-state index contributed by atoms with van der Waals surface area (Å²) >= 11 is 0. The molecule has 10 N–H and O–H groups in total. The standard InChI is InChI=1S/C14H12N4.C7H10N4.C6H5NO.C6H4O2/c15-14(16)10-5-4-9-7-13(18-12(9)8-10)11-3-1-2-6-17-11;8-5-2-1-4(7(10)11)3-6(5)9;8-5-6-3-1-2-4-7-6;7-5-1-2-6(8)4-3-5/h1-6,8H,7H2,(H3,15,16);1-3H,8-9H2,(H3,10,11);1-5H;1-4H. The van der Waals surface area contributed by atoms with Crippen molar-refractivity contribution in [2.45, 2.75) is 6.42 Å². The highest BCUT2D eigenvalue weighted by molar-refractivity contribution is 6.14. The molecule has 45 heavy (non-hydrogen) atoms. The molecule has 12 nitrogen and oxygen atoms in total. The third-order valence-electron chi connectivity index (χ3n) is 6.00. The van der Waals surface area contributed by atoms with Crippen LogP contribution in [0.3, 0.4) is 0 Å². The van der Waals surface area contributed by atoms with Gasteiger partial charge in [-0.1, -0.05) is 24.3 Å². The van der Waals surface area contributed by atoms with Gasteiger partial charge in [0, 0.05) is 29.9 Å². The molecular weight excluding hydrogens is 570 g/mol. The second kappa shape index (κ2) is 16.2. The molecule has 0 amide bonds. The van der Waals surface area contributed by atoms with Crippen molar-refractivity contribution in [2.24, 2.45) is 16.5 Å². The molecule has 1 aliphatic heterocycles. The van der Waals surface area contributed by atoms with Gasteiger partial charge in [-0.25, -0.2) is 0 Å². The van der Waals surface area contributed by atoms with Gasteiger partial charge in [-0.05, 0) is 78.4 Å². The Kier molecular flexibility index (Phi) is 11.8. The Morgan fingerprint density at radius 3 is 1.78 bits per heavy atom. The van der Waals surface area contributed by atoms with E-state index in [0.29, 0.717) is 28.2 Å². The van der Waals surface area contributed by atoms with E-state index >= 15 is 0 Å². The number of rotatable bonds is 4. The van der Waals surface area contributed by atoms with Crippen LogP contribution in [0.1, 0.15) is 32.9 Å². The van der Waals surface area contributed by atoms with E-state index in [2.05, 4.69) is 15.0 Å². The number of ketones is 2. The van der Waals surface area contributed by atoms with Gasteiger partial charge in [-0.3, -0.25) is 40.2 Å². The van der Waals surface area contributed by atoms with Crippen LogP contribution in [0.2, 0.25) is 0 Å². The van der Waals surface area contributed by atoms with Crippen LogP contribution < -0.4 is 22.9 Å². The Morgan fingerprint density at radius 1 is 0.711 bits per heavy atom. The fourth-order valence-electron chi connectivity index (χ4n) is 3.66. The van der Waals surface area contributed by atoms with Gasteiger partial charge in [0.2, 0.25) is 0 Å². The topological polar surface area (TPSA) is 241 Å². The third kappa shape index (κ3) is 10.3. The fourth-order valence-corrected chi connectivity index (χ4v) is 3.66. The van der Waals surface area contributed by atoms with Crippen molar-refractivity contribution in [2.75, 3.05) is 11.5 Å². The number of anilines is 2. The smallest absolute Gasteiger partial charge is 0.178 e. The van der Waals surface area contributed by atoms with Crippen molar-refractivity contribution in [1.29, 1.82) is 10.8 Å². The number of nitrogen functional groups attached to an aromatic ring is 4. The number of nitrogens with two attached hydrogens (primary N) is 4. The zero-order valence-corrected chi connectivity index (χ0v) is 24.1. The minimum Gasteiger partial charge on any atom is -0.397 e. The van der Waals surface area contributed by atoms with Crippen LogP contribution in [0.5, 0.6) is 0 Å². The maximum atomic E-state index is 10.3. The molecule has 0 unspecified atom stereocenters. The lowest BCUT2D eigenvalue weighted by Crippen LogP contribution is -2.11. The maximum absolute atomic E-state index is 10.3. The van der Waals surface area contributed by atoms with E-state index in [9.17, 15) is 14.4 Å². The monoisotopic (exact) mass is 601 g/mol. The minimum atomic E-state index is -0.121. The van der Waals surface area contributed by atoms with Crippen LogP contribution >= 0.6 is 0 Å². The fraction of sp³-hybridized carbons (Fsp3) is 0.0303. The number of hydrogen-bond donors (Lipinski definition) is 6. The highest BCUT2D eigenvalue weighted by Crippen LogP contribution is 2.29. The molecule has 12 heteroatoms. The number of fused-ring (bicyclic) bond motifs is 1. The van der Waals surface area contributed by atoms with E-state index in [4.69, 9.17) is 33.8 Å². The predicted molar refractivity (Wildman–Crippen MR) is 176 cm³/mol. The zero-order valence-electron chi connectivity index (χ0n) is 24.1. The molecule has 0 fully saturated rings. The molecule has 4 aromatic rings. The molecule has 0 radical (unpaired) electrons. The van der Waals surface area contributed by atoms with Gasteiger partial charge in [0.1, 0.15) is 17.4 Å². The SMILES string of the molecule is N=C(N)c1ccc(N)c(N)c1.N=C(N)c1ccc2c(c1)N=C(c1ccccn1)C2.O=C1C=CC(=O)C=C1.O=Cc1ccccn1. The molecule has 1 aliphatic carbocycles. The second-order valence-corrected chi connectivity index (χ2v) is 9.31. The molecule has 6 rings (SSSR count). The number of pyridine rings is 2. The number of aliphatic imine (C=N–C) groups is 1. The second-order valence-electron chi connectivity index (χ2n) is 9.31. The summed E-state index contributed by atoms with van der Waals surface area (Å²) in [5.74, 6) is -0.176. The molecule has 2 aromatic carbocycles. The van der Waals surface area contributed by atoms with Crippen LogP contribution in [-0.4, -0.2) is 45.2 Å².